The zero-order chi connectivity index (χ0) is 20.1. The van der Waals surface area contributed by atoms with Crippen LogP contribution in [0.1, 0.15) is 56.0 Å². The number of allylic oxidation sites excluding steroid dienone is 1. The maximum Gasteiger partial charge on any atom is 0.321 e. The number of thiazole rings is 1. The summed E-state index contributed by atoms with van der Waals surface area (Å²) in [5, 5.41) is 6.41. The Kier molecular flexibility index (Phi) is 6.56. The first-order valence-corrected chi connectivity index (χ1v) is 11.5. The van der Waals surface area contributed by atoms with E-state index in [4.69, 9.17) is 4.98 Å². The molecule has 1 unspecified atom stereocenters. The van der Waals surface area contributed by atoms with Gasteiger partial charge in [-0.25, -0.2) is 9.78 Å². The van der Waals surface area contributed by atoms with Crippen molar-refractivity contribution in [2.75, 3.05) is 19.6 Å². The number of urea groups is 1. The topological polar surface area (TPSA) is 75.5 Å². The molecular weight excluding hydrogens is 384 g/mol. The van der Waals surface area contributed by atoms with E-state index in [2.05, 4.69) is 22.8 Å². The standard InChI is InChI=1S/C22H28N4O2S/c27-20(25-22(28)23-13-12-16-7-2-1-3-8-16)15-26-14-6-10-18(26)21-24-17-9-4-5-11-19(17)29-21/h4-5,7,9,11,18H,1-3,6,8,10,12-15H2,(H2,23,25,27,28)/p+1/t18-/m0/s1. The fourth-order valence-electron chi connectivity index (χ4n) is 4.35. The van der Waals surface area contributed by atoms with Crippen molar-refractivity contribution in [2.45, 2.75) is 51.0 Å². The second-order valence-electron chi connectivity index (χ2n) is 7.96. The molecule has 0 spiro atoms. The lowest BCUT2D eigenvalue weighted by Crippen LogP contribution is -3.11. The Balaban J connectivity index is 1.26. The normalized spacial score (nSPS) is 21.7. The summed E-state index contributed by atoms with van der Waals surface area (Å²) in [6, 6.07) is 8.00. The number of carbonyl (C=O) groups is 2. The number of para-hydroxylation sites is 1. The van der Waals surface area contributed by atoms with Crippen LogP contribution in [0, 0.1) is 0 Å². The molecule has 2 heterocycles. The molecule has 4 rings (SSSR count). The molecule has 1 fully saturated rings. The van der Waals surface area contributed by atoms with E-state index in [1.54, 1.807) is 11.3 Å². The summed E-state index contributed by atoms with van der Waals surface area (Å²) < 4.78 is 1.19. The second-order valence-corrected chi connectivity index (χ2v) is 9.02. The molecule has 1 aromatic heterocycles. The third kappa shape index (κ3) is 5.22. The maximum atomic E-state index is 12.4. The molecule has 0 radical (unpaired) electrons. The molecule has 2 aromatic rings. The highest BCUT2D eigenvalue weighted by molar-refractivity contribution is 7.18. The molecular formula is C22H29N4O2S+. The summed E-state index contributed by atoms with van der Waals surface area (Å²) in [6.07, 6.45) is 10.1. The van der Waals surface area contributed by atoms with Gasteiger partial charge in [-0.15, -0.1) is 11.3 Å². The van der Waals surface area contributed by atoms with Crippen molar-refractivity contribution in [3.05, 3.63) is 40.9 Å². The summed E-state index contributed by atoms with van der Waals surface area (Å²) in [7, 11) is 0. The van der Waals surface area contributed by atoms with Crippen LogP contribution in [0.25, 0.3) is 10.2 Å². The van der Waals surface area contributed by atoms with Gasteiger partial charge in [0.1, 0.15) is 6.04 Å². The van der Waals surface area contributed by atoms with Crippen LogP contribution in [0.5, 0.6) is 0 Å². The van der Waals surface area contributed by atoms with Crippen LogP contribution in [0.4, 0.5) is 4.79 Å². The molecule has 2 aliphatic rings. The quantitative estimate of drug-likeness (QED) is 0.638. The van der Waals surface area contributed by atoms with Gasteiger partial charge in [-0.3, -0.25) is 10.1 Å². The van der Waals surface area contributed by atoms with Gasteiger partial charge < -0.3 is 10.2 Å². The summed E-state index contributed by atoms with van der Waals surface area (Å²) in [6.45, 7) is 1.82. The molecule has 0 bridgehead atoms. The fraction of sp³-hybridized carbons (Fsp3) is 0.500. The van der Waals surface area contributed by atoms with Crippen molar-refractivity contribution in [2.24, 2.45) is 0 Å². The summed E-state index contributed by atoms with van der Waals surface area (Å²) in [5.74, 6) is -0.220. The van der Waals surface area contributed by atoms with E-state index < -0.39 is 0 Å². The molecule has 1 aromatic carbocycles. The predicted octanol–water partition coefficient (Wildman–Crippen LogP) is 2.73. The number of nitrogens with zero attached hydrogens (tertiary/aromatic N) is 1. The number of fused-ring (bicyclic) bond motifs is 1. The minimum absolute atomic E-state index is 0.220. The molecule has 0 saturated carbocycles. The number of hydrogen-bond acceptors (Lipinski definition) is 4. The van der Waals surface area contributed by atoms with E-state index in [0.717, 1.165) is 49.2 Å². The van der Waals surface area contributed by atoms with Crippen molar-refractivity contribution in [1.29, 1.82) is 0 Å². The van der Waals surface area contributed by atoms with Crippen molar-refractivity contribution < 1.29 is 14.5 Å². The number of imide groups is 1. The third-order valence-electron chi connectivity index (χ3n) is 5.85. The Morgan fingerprint density at radius 2 is 2.10 bits per heavy atom. The van der Waals surface area contributed by atoms with E-state index >= 15 is 0 Å². The minimum Gasteiger partial charge on any atom is -0.337 e. The first-order valence-electron chi connectivity index (χ1n) is 10.6. The van der Waals surface area contributed by atoms with E-state index in [1.807, 2.05) is 18.2 Å². The number of likely N-dealkylation sites (tertiary alicyclic amines) is 1. The van der Waals surface area contributed by atoms with Crippen LogP contribution in [-0.4, -0.2) is 36.6 Å². The van der Waals surface area contributed by atoms with Gasteiger partial charge in [-0.1, -0.05) is 23.8 Å². The number of benzene rings is 1. The van der Waals surface area contributed by atoms with Gasteiger partial charge in [0.05, 0.1) is 16.8 Å². The number of quaternary nitrogens is 1. The highest BCUT2D eigenvalue weighted by Gasteiger charge is 2.34. The number of amides is 3. The predicted molar refractivity (Wildman–Crippen MR) is 115 cm³/mol. The number of carbonyl (C=O) groups excluding carboxylic acids is 2. The molecule has 2 atom stereocenters. The van der Waals surface area contributed by atoms with Gasteiger partial charge in [-0.2, -0.15) is 0 Å². The SMILES string of the molecule is O=C(C[NH+]1CCC[C@H]1c1nc2ccccc2s1)NC(=O)NCCC1=CCCCC1. The highest BCUT2D eigenvalue weighted by Crippen LogP contribution is 2.28. The molecule has 154 valence electrons. The zero-order valence-corrected chi connectivity index (χ0v) is 17.5. The number of aromatic nitrogens is 1. The molecule has 3 amide bonds. The average Bonchev–Trinajstić information content (AvgIpc) is 3.35. The van der Waals surface area contributed by atoms with Gasteiger partial charge in [0, 0.05) is 19.4 Å². The first kappa shape index (κ1) is 20.0. The Morgan fingerprint density at radius 3 is 2.93 bits per heavy atom. The highest BCUT2D eigenvalue weighted by atomic mass is 32.1. The van der Waals surface area contributed by atoms with E-state index in [0.29, 0.717) is 13.1 Å². The van der Waals surface area contributed by atoms with Gasteiger partial charge in [-0.05, 0) is 44.2 Å². The Labute approximate surface area is 175 Å². The lowest BCUT2D eigenvalue weighted by molar-refractivity contribution is -0.910. The van der Waals surface area contributed by atoms with Crippen LogP contribution in [0.3, 0.4) is 0 Å². The van der Waals surface area contributed by atoms with Crippen LogP contribution in [0.15, 0.2) is 35.9 Å². The van der Waals surface area contributed by atoms with Gasteiger partial charge in [0.15, 0.2) is 11.6 Å². The Bertz CT molecular complexity index is 874. The smallest absolute Gasteiger partial charge is 0.321 e. The second kappa shape index (κ2) is 9.50. The molecule has 7 heteroatoms. The average molecular weight is 414 g/mol. The van der Waals surface area contributed by atoms with Crippen LogP contribution in [0.2, 0.25) is 0 Å². The van der Waals surface area contributed by atoms with Crippen molar-refractivity contribution in [1.82, 2.24) is 15.6 Å². The summed E-state index contributed by atoms with van der Waals surface area (Å²) >= 11 is 1.72. The van der Waals surface area contributed by atoms with Crippen molar-refractivity contribution >= 4 is 33.5 Å². The van der Waals surface area contributed by atoms with E-state index in [-0.39, 0.29) is 18.0 Å². The summed E-state index contributed by atoms with van der Waals surface area (Å²) in [5.41, 5.74) is 2.44. The van der Waals surface area contributed by atoms with Crippen molar-refractivity contribution in [3.63, 3.8) is 0 Å². The van der Waals surface area contributed by atoms with E-state index in [1.165, 1.54) is 28.0 Å². The summed E-state index contributed by atoms with van der Waals surface area (Å²) in [4.78, 5) is 30.4. The van der Waals surface area contributed by atoms with Crippen molar-refractivity contribution in [3.8, 4) is 0 Å². The molecule has 1 aliphatic heterocycles. The van der Waals surface area contributed by atoms with Gasteiger partial charge >= 0.3 is 6.03 Å². The lowest BCUT2D eigenvalue weighted by Gasteiger charge is -2.19. The largest absolute Gasteiger partial charge is 0.337 e. The Hall–Kier alpha value is -2.25. The van der Waals surface area contributed by atoms with Crippen LogP contribution >= 0.6 is 11.3 Å². The zero-order valence-electron chi connectivity index (χ0n) is 16.7. The first-order chi connectivity index (χ1) is 14.2. The number of nitrogens with one attached hydrogen (secondary N) is 3. The molecule has 1 saturated heterocycles. The fourth-order valence-corrected chi connectivity index (χ4v) is 5.51. The van der Waals surface area contributed by atoms with Crippen LogP contribution in [-0.2, 0) is 4.79 Å². The number of hydrogen-bond donors (Lipinski definition) is 3. The van der Waals surface area contributed by atoms with Gasteiger partial charge in [0.2, 0.25) is 0 Å². The number of rotatable bonds is 6. The van der Waals surface area contributed by atoms with E-state index in [9.17, 15) is 9.59 Å². The third-order valence-corrected chi connectivity index (χ3v) is 7.00. The monoisotopic (exact) mass is 413 g/mol. The minimum atomic E-state index is -0.387. The lowest BCUT2D eigenvalue weighted by atomic mass is 9.97. The molecule has 29 heavy (non-hydrogen) atoms. The van der Waals surface area contributed by atoms with Gasteiger partial charge in [0.25, 0.3) is 5.91 Å². The Morgan fingerprint density at radius 1 is 1.21 bits per heavy atom. The molecule has 6 nitrogen and oxygen atoms in total. The molecule has 1 aliphatic carbocycles. The maximum absolute atomic E-state index is 12.4. The molecule has 3 N–H and O–H groups in total. The van der Waals surface area contributed by atoms with Crippen LogP contribution < -0.4 is 15.5 Å².